The third-order valence-corrected chi connectivity index (χ3v) is 6.04. The minimum absolute atomic E-state index is 0.0144. The van der Waals surface area contributed by atoms with Gasteiger partial charge in [0, 0.05) is 24.8 Å². The van der Waals surface area contributed by atoms with Gasteiger partial charge in [-0.25, -0.2) is 13.4 Å². The predicted octanol–water partition coefficient (Wildman–Crippen LogP) is 2.29. The summed E-state index contributed by atoms with van der Waals surface area (Å²) in [6.45, 7) is 14.6. The average molecular weight is 315 g/mol. The van der Waals surface area contributed by atoms with Crippen molar-refractivity contribution in [1.82, 2.24) is 14.9 Å². The molecule has 0 radical (unpaired) electrons. The van der Waals surface area contributed by atoms with Crippen LogP contribution in [0, 0.1) is 6.92 Å². The summed E-state index contributed by atoms with van der Waals surface area (Å²) in [5, 5.41) is 3.41. The first-order valence-electron chi connectivity index (χ1n) is 7.32. The SMILES string of the molecule is Cc1ncc(CNC(C)(C)C)n1CCS(=O)(=O)C(C)(C)C. The van der Waals surface area contributed by atoms with Crippen LogP contribution < -0.4 is 5.32 Å². The summed E-state index contributed by atoms with van der Waals surface area (Å²) in [6.07, 6.45) is 1.82. The molecule has 122 valence electrons. The molecule has 0 atom stereocenters. The van der Waals surface area contributed by atoms with Crippen LogP contribution in [0.15, 0.2) is 6.20 Å². The molecule has 0 aliphatic rings. The molecule has 0 aromatic carbocycles. The number of aryl methyl sites for hydroxylation is 1. The lowest BCUT2D eigenvalue weighted by Gasteiger charge is -2.22. The summed E-state index contributed by atoms with van der Waals surface area (Å²) < 4.78 is 25.7. The predicted molar refractivity (Wildman–Crippen MR) is 87.1 cm³/mol. The van der Waals surface area contributed by atoms with Crippen molar-refractivity contribution in [3.63, 3.8) is 0 Å². The van der Waals surface area contributed by atoms with E-state index in [1.54, 1.807) is 20.8 Å². The van der Waals surface area contributed by atoms with Gasteiger partial charge in [0.1, 0.15) is 5.82 Å². The molecule has 1 rings (SSSR count). The first-order chi connectivity index (χ1) is 9.33. The zero-order valence-corrected chi connectivity index (χ0v) is 15.1. The van der Waals surface area contributed by atoms with Gasteiger partial charge in [0.2, 0.25) is 0 Å². The molecule has 0 fully saturated rings. The van der Waals surface area contributed by atoms with E-state index in [2.05, 4.69) is 31.1 Å². The highest BCUT2D eigenvalue weighted by atomic mass is 32.2. The number of imidazole rings is 1. The summed E-state index contributed by atoms with van der Waals surface area (Å²) in [4.78, 5) is 4.31. The zero-order chi connectivity index (χ0) is 16.5. The molecule has 0 saturated carbocycles. The maximum absolute atomic E-state index is 12.2. The van der Waals surface area contributed by atoms with Gasteiger partial charge in [-0.3, -0.25) is 0 Å². The Kier molecular flexibility index (Phi) is 5.26. The summed E-state index contributed by atoms with van der Waals surface area (Å²) >= 11 is 0. The van der Waals surface area contributed by atoms with Crippen molar-refractivity contribution in [2.75, 3.05) is 5.75 Å². The van der Waals surface area contributed by atoms with Gasteiger partial charge in [0.25, 0.3) is 0 Å². The molecule has 1 aromatic heterocycles. The molecule has 5 nitrogen and oxygen atoms in total. The number of hydrogen-bond acceptors (Lipinski definition) is 4. The van der Waals surface area contributed by atoms with Crippen LogP contribution in [-0.4, -0.2) is 34.0 Å². The smallest absolute Gasteiger partial charge is 0.156 e. The first kappa shape index (κ1) is 18.2. The van der Waals surface area contributed by atoms with Crippen molar-refractivity contribution >= 4 is 9.84 Å². The summed E-state index contributed by atoms with van der Waals surface area (Å²) in [7, 11) is -3.12. The number of hydrogen-bond donors (Lipinski definition) is 1. The molecule has 1 heterocycles. The van der Waals surface area contributed by atoms with E-state index in [9.17, 15) is 8.42 Å². The zero-order valence-electron chi connectivity index (χ0n) is 14.3. The van der Waals surface area contributed by atoms with E-state index < -0.39 is 14.6 Å². The lowest BCUT2D eigenvalue weighted by atomic mass is 10.1. The Morgan fingerprint density at radius 3 is 2.24 bits per heavy atom. The molecular formula is C15H29N3O2S. The van der Waals surface area contributed by atoms with Gasteiger partial charge in [0.05, 0.1) is 16.2 Å². The normalized spacial score (nSPS) is 13.7. The van der Waals surface area contributed by atoms with Gasteiger partial charge in [-0.05, 0) is 48.5 Å². The van der Waals surface area contributed by atoms with Crippen LogP contribution in [0.3, 0.4) is 0 Å². The lowest BCUT2D eigenvalue weighted by molar-refractivity contribution is 0.415. The summed E-state index contributed by atoms with van der Waals surface area (Å²) in [5.41, 5.74) is 1.03. The topological polar surface area (TPSA) is 64.0 Å². The average Bonchev–Trinajstić information content (AvgIpc) is 2.62. The Bertz CT molecular complexity index is 575. The Morgan fingerprint density at radius 1 is 1.19 bits per heavy atom. The fourth-order valence-electron chi connectivity index (χ4n) is 1.84. The van der Waals surface area contributed by atoms with Gasteiger partial charge < -0.3 is 9.88 Å². The van der Waals surface area contributed by atoms with E-state index in [4.69, 9.17) is 0 Å². The van der Waals surface area contributed by atoms with Crippen molar-refractivity contribution in [2.24, 2.45) is 0 Å². The van der Waals surface area contributed by atoms with Crippen molar-refractivity contribution in [1.29, 1.82) is 0 Å². The van der Waals surface area contributed by atoms with Crippen molar-refractivity contribution in [3.8, 4) is 0 Å². The van der Waals surface area contributed by atoms with E-state index in [-0.39, 0.29) is 11.3 Å². The molecular weight excluding hydrogens is 286 g/mol. The van der Waals surface area contributed by atoms with Gasteiger partial charge in [-0.2, -0.15) is 0 Å². The molecule has 6 heteroatoms. The fourth-order valence-corrected chi connectivity index (χ4v) is 2.87. The van der Waals surface area contributed by atoms with Crippen LogP contribution in [0.25, 0.3) is 0 Å². The summed E-state index contributed by atoms with van der Waals surface area (Å²) in [6, 6.07) is 0. The number of rotatable bonds is 5. The molecule has 0 bridgehead atoms. The molecule has 0 aliphatic heterocycles. The monoisotopic (exact) mass is 315 g/mol. The van der Waals surface area contributed by atoms with Gasteiger partial charge in [-0.15, -0.1) is 0 Å². The van der Waals surface area contributed by atoms with Crippen LogP contribution in [0.2, 0.25) is 0 Å². The Balaban J connectivity index is 2.83. The molecule has 1 N–H and O–H groups in total. The van der Waals surface area contributed by atoms with E-state index in [1.807, 2.05) is 17.7 Å². The third kappa shape index (κ3) is 5.11. The quantitative estimate of drug-likeness (QED) is 0.905. The number of nitrogens with one attached hydrogen (secondary N) is 1. The van der Waals surface area contributed by atoms with Crippen LogP contribution in [0.5, 0.6) is 0 Å². The molecule has 0 spiro atoms. The van der Waals surface area contributed by atoms with Crippen LogP contribution in [0.4, 0.5) is 0 Å². The summed E-state index contributed by atoms with van der Waals surface area (Å²) in [5.74, 6) is 0.987. The Labute approximate surface area is 129 Å². The Morgan fingerprint density at radius 2 is 1.76 bits per heavy atom. The highest BCUT2D eigenvalue weighted by Crippen LogP contribution is 2.17. The molecule has 0 saturated heterocycles. The van der Waals surface area contributed by atoms with Gasteiger partial charge >= 0.3 is 0 Å². The maximum Gasteiger partial charge on any atom is 0.156 e. The van der Waals surface area contributed by atoms with Crippen LogP contribution in [0.1, 0.15) is 53.1 Å². The van der Waals surface area contributed by atoms with Crippen LogP contribution >= 0.6 is 0 Å². The molecule has 1 aromatic rings. The van der Waals surface area contributed by atoms with E-state index in [0.717, 1.165) is 11.5 Å². The van der Waals surface area contributed by atoms with E-state index >= 15 is 0 Å². The Hall–Kier alpha value is -0.880. The second kappa shape index (κ2) is 6.08. The molecule has 0 aliphatic carbocycles. The second-order valence-corrected chi connectivity index (χ2v) is 10.3. The number of nitrogens with zero attached hydrogens (tertiary/aromatic N) is 2. The number of aromatic nitrogens is 2. The molecule has 0 unspecified atom stereocenters. The molecule has 21 heavy (non-hydrogen) atoms. The largest absolute Gasteiger partial charge is 0.330 e. The third-order valence-electron chi connectivity index (χ3n) is 3.45. The van der Waals surface area contributed by atoms with Crippen LogP contribution in [-0.2, 0) is 22.9 Å². The van der Waals surface area contributed by atoms with Gasteiger partial charge in [-0.1, -0.05) is 0 Å². The van der Waals surface area contributed by atoms with E-state index in [1.165, 1.54) is 0 Å². The maximum atomic E-state index is 12.2. The van der Waals surface area contributed by atoms with Crippen molar-refractivity contribution < 1.29 is 8.42 Å². The lowest BCUT2D eigenvalue weighted by Crippen LogP contribution is -2.36. The van der Waals surface area contributed by atoms with E-state index in [0.29, 0.717) is 13.1 Å². The second-order valence-electron chi connectivity index (χ2n) is 7.48. The minimum atomic E-state index is -3.12. The fraction of sp³-hybridized carbons (Fsp3) is 0.800. The highest BCUT2D eigenvalue weighted by Gasteiger charge is 2.28. The number of sulfone groups is 1. The molecule has 0 amide bonds. The standard InChI is InChI=1S/C15H29N3O2S/c1-12-16-10-13(11-17-14(2,3)4)18(12)8-9-21(19,20)15(5,6)7/h10,17H,8-9,11H2,1-7H3. The van der Waals surface area contributed by atoms with Gasteiger partial charge in [0.15, 0.2) is 9.84 Å². The minimum Gasteiger partial charge on any atom is -0.330 e. The van der Waals surface area contributed by atoms with Crippen molar-refractivity contribution in [3.05, 3.63) is 17.7 Å². The first-order valence-corrected chi connectivity index (χ1v) is 8.97. The van der Waals surface area contributed by atoms with Crippen molar-refractivity contribution in [2.45, 2.75) is 71.8 Å². The highest BCUT2D eigenvalue weighted by molar-refractivity contribution is 7.92.